The molecule has 1 heterocycles. The van der Waals surface area contributed by atoms with Gasteiger partial charge in [-0.2, -0.15) is 0 Å². The Balaban J connectivity index is 1.96. The molecule has 4 heteroatoms. The summed E-state index contributed by atoms with van der Waals surface area (Å²) in [6.45, 7) is 1.09. The van der Waals surface area contributed by atoms with Crippen molar-refractivity contribution in [3.8, 4) is 0 Å². The molecule has 0 saturated heterocycles. The summed E-state index contributed by atoms with van der Waals surface area (Å²) in [5.41, 5.74) is 0. The topological polar surface area (TPSA) is 16.1 Å². The van der Waals surface area contributed by atoms with Gasteiger partial charge in [-0.1, -0.05) is 15.9 Å². The quantitative estimate of drug-likeness (QED) is 0.787. The molecular formula is C11H14Br2N2. The molecule has 2 rings (SSSR count). The van der Waals surface area contributed by atoms with Crippen LogP contribution < -0.4 is 4.90 Å². The summed E-state index contributed by atoms with van der Waals surface area (Å²) in [5.74, 6) is 1.85. The minimum Gasteiger partial charge on any atom is -0.358 e. The second kappa shape index (κ2) is 4.83. The molecule has 0 unspecified atom stereocenters. The molecule has 82 valence electrons. The van der Waals surface area contributed by atoms with E-state index in [0.29, 0.717) is 0 Å². The molecule has 0 aromatic carbocycles. The molecule has 0 radical (unpaired) electrons. The van der Waals surface area contributed by atoms with Crippen LogP contribution in [0.3, 0.4) is 0 Å². The number of rotatable bonds is 3. The fourth-order valence-electron chi connectivity index (χ4n) is 1.94. The lowest BCUT2D eigenvalue weighted by Gasteiger charge is -2.35. The summed E-state index contributed by atoms with van der Waals surface area (Å²) in [6, 6.07) is 3.98. The Morgan fingerprint density at radius 3 is 2.87 bits per heavy atom. The maximum absolute atomic E-state index is 4.38. The predicted octanol–water partition coefficient (Wildman–Crippen LogP) is 3.45. The number of hydrogen-bond donors (Lipinski definition) is 0. The summed E-state index contributed by atoms with van der Waals surface area (Å²) in [7, 11) is 2.11. The predicted molar refractivity (Wildman–Crippen MR) is 70.6 cm³/mol. The zero-order valence-corrected chi connectivity index (χ0v) is 11.8. The van der Waals surface area contributed by atoms with Gasteiger partial charge in [0.25, 0.3) is 0 Å². The highest BCUT2D eigenvalue weighted by Gasteiger charge is 2.28. The Morgan fingerprint density at radius 1 is 1.53 bits per heavy atom. The SMILES string of the molecule is CN(CC1CC(Br)C1)c1ncccc1Br. The van der Waals surface area contributed by atoms with Gasteiger partial charge in [0, 0.05) is 24.6 Å². The van der Waals surface area contributed by atoms with Gasteiger partial charge < -0.3 is 4.90 Å². The van der Waals surface area contributed by atoms with Crippen LogP contribution in [0.2, 0.25) is 0 Å². The number of aromatic nitrogens is 1. The number of pyridine rings is 1. The lowest BCUT2D eigenvalue weighted by molar-refractivity contribution is 0.338. The Morgan fingerprint density at radius 2 is 2.27 bits per heavy atom. The summed E-state index contributed by atoms with van der Waals surface area (Å²) < 4.78 is 1.07. The van der Waals surface area contributed by atoms with E-state index >= 15 is 0 Å². The first kappa shape index (κ1) is 11.4. The van der Waals surface area contributed by atoms with E-state index in [-0.39, 0.29) is 0 Å². The molecule has 0 atom stereocenters. The van der Waals surface area contributed by atoms with E-state index < -0.39 is 0 Å². The van der Waals surface area contributed by atoms with Gasteiger partial charge in [-0.15, -0.1) is 0 Å². The molecular weight excluding hydrogens is 320 g/mol. The molecule has 1 saturated carbocycles. The van der Waals surface area contributed by atoms with E-state index in [4.69, 9.17) is 0 Å². The van der Waals surface area contributed by atoms with E-state index in [9.17, 15) is 0 Å². The smallest absolute Gasteiger partial charge is 0.142 e. The van der Waals surface area contributed by atoms with Crippen molar-refractivity contribution in [3.05, 3.63) is 22.8 Å². The number of anilines is 1. The Labute approximate surface area is 107 Å². The number of alkyl halides is 1. The van der Waals surface area contributed by atoms with Crippen molar-refractivity contribution in [2.24, 2.45) is 5.92 Å². The van der Waals surface area contributed by atoms with E-state index in [0.717, 1.165) is 27.6 Å². The zero-order chi connectivity index (χ0) is 10.8. The van der Waals surface area contributed by atoms with Crippen LogP contribution in [0.4, 0.5) is 5.82 Å². The number of halogens is 2. The second-order valence-corrected chi connectivity index (χ2v) is 6.27. The lowest BCUT2D eigenvalue weighted by Crippen LogP contribution is -2.35. The molecule has 1 aromatic rings. The van der Waals surface area contributed by atoms with Gasteiger partial charge in [0.1, 0.15) is 5.82 Å². The highest BCUT2D eigenvalue weighted by Crippen LogP contribution is 2.34. The van der Waals surface area contributed by atoms with Gasteiger partial charge in [-0.3, -0.25) is 0 Å². The minimum atomic E-state index is 0.739. The standard InChI is InChI=1S/C11H14Br2N2/c1-15(7-8-5-9(12)6-8)11-10(13)3-2-4-14-11/h2-4,8-9H,5-7H2,1H3. The average molecular weight is 334 g/mol. The Hall–Kier alpha value is -0.0900. The summed E-state index contributed by atoms with van der Waals surface area (Å²) >= 11 is 7.14. The van der Waals surface area contributed by atoms with Crippen LogP contribution in [0.5, 0.6) is 0 Å². The van der Waals surface area contributed by atoms with Gasteiger partial charge in [0.05, 0.1) is 4.47 Å². The van der Waals surface area contributed by atoms with Gasteiger partial charge in [0.15, 0.2) is 0 Å². The third-order valence-corrected chi connectivity index (χ3v) is 4.18. The highest BCUT2D eigenvalue weighted by atomic mass is 79.9. The van der Waals surface area contributed by atoms with Crippen molar-refractivity contribution < 1.29 is 0 Å². The first-order valence-corrected chi connectivity index (χ1v) is 6.83. The summed E-state index contributed by atoms with van der Waals surface area (Å²) in [6.07, 6.45) is 4.41. The van der Waals surface area contributed by atoms with Crippen LogP contribution >= 0.6 is 31.9 Å². The molecule has 1 fully saturated rings. The van der Waals surface area contributed by atoms with Crippen LogP contribution in [0.1, 0.15) is 12.8 Å². The first-order chi connectivity index (χ1) is 7.16. The maximum Gasteiger partial charge on any atom is 0.142 e. The minimum absolute atomic E-state index is 0.739. The lowest BCUT2D eigenvalue weighted by atomic mass is 9.85. The molecule has 2 nitrogen and oxygen atoms in total. The molecule has 1 aromatic heterocycles. The van der Waals surface area contributed by atoms with Crippen molar-refractivity contribution in [1.82, 2.24) is 4.98 Å². The molecule has 1 aliphatic rings. The molecule has 0 aliphatic heterocycles. The van der Waals surface area contributed by atoms with Crippen LogP contribution in [-0.4, -0.2) is 23.4 Å². The molecule has 0 N–H and O–H groups in total. The third kappa shape index (κ3) is 2.72. The Kier molecular flexibility index (Phi) is 3.67. The van der Waals surface area contributed by atoms with Gasteiger partial charge in [-0.25, -0.2) is 4.98 Å². The second-order valence-electron chi connectivity index (χ2n) is 4.12. The van der Waals surface area contributed by atoms with Crippen LogP contribution in [0.15, 0.2) is 22.8 Å². The molecule has 15 heavy (non-hydrogen) atoms. The van der Waals surface area contributed by atoms with Crippen LogP contribution in [0.25, 0.3) is 0 Å². The van der Waals surface area contributed by atoms with Crippen molar-refractivity contribution >= 4 is 37.7 Å². The monoisotopic (exact) mass is 332 g/mol. The first-order valence-electron chi connectivity index (χ1n) is 5.12. The molecule has 0 amide bonds. The largest absolute Gasteiger partial charge is 0.358 e. The number of nitrogens with zero attached hydrogens (tertiary/aromatic N) is 2. The molecule has 1 aliphatic carbocycles. The zero-order valence-electron chi connectivity index (χ0n) is 8.66. The fraction of sp³-hybridized carbons (Fsp3) is 0.545. The summed E-state index contributed by atoms with van der Waals surface area (Å²) in [4.78, 5) is 7.34. The average Bonchev–Trinajstić information content (AvgIpc) is 2.16. The van der Waals surface area contributed by atoms with Gasteiger partial charge >= 0.3 is 0 Å². The van der Waals surface area contributed by atoms with E-state index in [1.807, 2.05) is 18.3 Å². The van der Waals surface area contributed by atoms with Gasteiger partial charge in [0.2, 0.25) is 0 Å². The third-order valence-electron chi connectivity index (χ3n) is 2.81. The van der Waals surface area contributed by atoms with E-state index in [2.05, 4.69) is 48.8 Å². The normalized spacial score (nSPS) is 24.7. The van der Waals surface area contributed by atoms with E-state index in [1.54, 1.807) is 0 Å². The van der Waals surface area contributed by atoms with Crippen molar-refractivity contribution in [2.75, 3.05) is 18.5 Å². The van der Waals surface area contributed by atoms with E-state index in [1.165, 1.54) is 12.8 Å². The highest BCUT2D eigenvalue weighted by molar-refractivity contribution is 9.10. The Bertz CT molecular complexity index is 337. The summed E-state index contributed by atoms with van der Waals surface area (Å²) in [5, 5.41) is 0. The molecule has 0 bridgehead atoms. The fourth-order valence-corrected chi connectivity index (χ4v) is 3.55. The number of hydrogen-bond acceptors (Lipinski definition) is 2. The van der Waals surface area contributed by atoms with Crippen LogP contribution in [0, 0.1) is 5.92 Å². The van der Waals surface area contributed by atoms with Crippen molar-refractivity contribution in [1.29, 1.82) is 0 Å². The van der Waals surface area contributed by atoms with Crippen LogP contribution in [-0.2, 0) is 0 Å². The molecule has 0 spiro atoms. The maximum atomic E-state index is 4.38. The van der Waals surface area contributed by atoms with Crippen molar-refractivity contribution in [2.45, 2.75) is 17.7 Å². The van der Waals surface area contributed by atoms with Gasteiger partial charge in [-0.05, 0) is 46.8 Å². The van der Waals surface area contributed by atoms with Crippen molar-refractivity contribution in [3.63, 3.8) is 0 Å².